The molecule has 0 aliphatic carbocycles. The first-order valence-corrected chi connectivity index (χ1v) is 9.17. The zero-order valence-electron chi connectivity index (χ0n) is 15.0. The lowest BCUT2D eigenvalue weighted by atomic mass is 10.2. The Morgan fingerprint density at radius 2 is 2.12 bits per heavy atom. The second-order valence-electron chi connectivity index (χ2n) is 6.52. The van der Waals surface area contributed by atoms with E-state index in [1.54, 1.807) is 10.9 Å². The van der Waals surface area contributed by atoms with E-state index in [9.17, 15) is 4.79 Å². The number of imidazole rings is 1. The maximum atomic E-state index is 12.0. The number of morpholine rings is 1. The molecule has 0 unspecified atom stereocenters. The first-order valence-electron chi connectivity index (χ1n) is 9.17. The largest absolute Gasteiger partial charge is 0.379 e. The van der Waals surface area contributed by atoms with Gasteiger partial charge in [0.1, 0.15) is 12.1 Å². The standard InChI is InChI=1S/C18H24N6O2/c1-2-24-16-11-14-13(10-15(16)22-18(24)25)17(21-12-20-14)19-4-3-5-23-6-8-26-9-7-23/h10-12H,2-9H2,1H3,(H,22,25)(H,19,20,21). The van der Waals surface area contributed by atoms with E-state index in [0.717, 1.165) is 73.6 Å². The molecule has 0 spiro atoms. The summed E-state index contributed by atoms with van der Waals surface area (Å²) in [5.41, 5.74) is 2.44. The summed E-state index contributed by atoms with van der Waals surface area (Å²) in [7, 11) is 0. The zero-order valence-corrected chi connectivity index (χ0v) is 15.0. The van der Waals surface area contributed by atoms with Gasteiger partial charge in [-0.05, 0) is 32.0 Å². The molecule has 1 saturated heterocycles. The molecule has 138 valence electrons. The second-order valence-corrected chi connectivity index (χ2v) is 6.52. The molecule has 26 heavy (non-hydrogen) atoms. The van der Waals surface area contributed by atoms with Crippen molar-refractivity contribution in [3.63, 3.8) is 0 Å². The third-order valence-electron chi connectivity index (χ3n) is 4.89. The highest BCUT2D eigenvalue weighted by Gasteiger charge is 2.12. The Hall–Kier alpha value is -2.45. The number of aryl methyl sites for hydroxylation is 1. The van der Waals surface area contributed by atoms with Crippen molar-refractivity contribution in [3.8, 4) is 0 Å². The molecule has 3 aromatic rings. The number of aromatic amines is 1. The molecule has 1 fully saturated rings. The lowest BCUT2D eigenvalue weighted by molar-refractivity contribution is 0.0378. The van der Waals surface area contributed by atoms with Crippen LogP contribution in [0.1, 0.15) is 13.3 Å². The highest BCUT2D eigenvalue weighted by atomic mass is 16.5. The Labute approximate surface area is 151 Å². The van der Waals surface area contributed by atoms with Gasteiger partial charge in [-0.15, -0.1) is 0 Å². The van der Waals surface area contributed by atoms with Crippen LogP contribution in [0.5, 0.6) is 0 Å². The zero-order chi connectivity index (χ0) is 17.9. The van der Waals surface area contributed by atoms with Crippen LogP contribution in [0.2, 0.25) is 0 Å². The third-order valence-corrected chi connectivity index (χ3v) is 4.89. The van der Waals surface area contributed by atoms with Gasteiger partial charge in [0, 0.05) is 31.6 Å². The van der Waals surface area contributed by atoms with Gasteiger partial charge in [0.25, 0.3) is 0 Å². The smallest absolute Gasteiger partial charge is 0.326 e. The second kappa shape index (κ2) is 7.43. The number of ether oxygens (including phenoxy) is 1. The molecule has 0 amide bonds. The molecular weight excluding hydrogens is 332 g/mol. The quantitative estimate of drug-likeness (QED) is 0.650. The minimum Gasteiger partial charge on any atom is -0.379 e. The number of hydrogen-bond donors (Lipinski definition) is 2. The van der Waals surface area contributed by atoms with Gasteiger partial charge < -0.3 is 15.0 Å². The summed E-state index contributed by atoms with van der Waals surface area (Å²) in [6.07, 6.45) is 2.61. The number of benzene rings is 1. The highest BCUT2D eigenvalue weighted by Crippen LogP contribution is 2.24. The van der Waals surface area contributed by atoms with Gasteiger partial charge in [0.2, 0.25) is 0 Å². The van der Waals surface area contributed by atoms with Crippen molar-refractivity contribution >= 4 is 27.8 Å². The number of fused-ring (bicyclic) bond motifs is 2. The predicted molar refractivity (Wildman–Crippen MR) is 102 cm³/mol. The van der Waals surface area contributed by atoms with Crippen molar-refractivity contribution in [1.82, 2.24) is 24.4 Å². The van der Waals surface area contributed by atoms with Crippen molar-refractivity contribution in [2.45, 2.75) is 19.9 Å². The number of nitrogens with one attached hydrogen (secondary N) is 2. The van der Waals surface area contributed by atoms with E-state index in [1.807, 2.05) is 19.1 Å². The number of nitrogens with zero attached hydrogens (tertiary/aromatic N) is 4. The number of anilines is 1. The summed E-state index contributed by atoms with van der Waals surface area (Å²) < 4.78 is 7.09. The fraction of sp³-hybridized carbons (Fsp3) is 0.500. The summed E-state index contributed by atoms with van der Waals surface area (Å²) in [5, 5.41) is 4.35. The van der Waals surface area contributed by atoms with Crippen LogP contribution in [0, 0.1) is 0 Å². The SMILES string of the molecule is CCn1c(=O)[nH]c2cc3c(NCCCN4CCOCC4)ncnc3cc21. The topological polar surface area (TPSA) is 88.1 Å². The number of aromatic nitrogens is 4. The minimum atomic E-state index is -0.0919. The van der Waals surface area contributed by atoms with Crippen LogP contribution in [0.25, 0.3) is 21.9 Å². The van der Waals surface area contributed by atoms with E-state index in [0.29, 0.717) is 6.54 Å². The lowest BCUT2D eigenvalue weighted by Crippen LogP contribution is -2.37. The highest BCUT2D eigenvalue weighted by molar-refractivity contribution is 5.98. The molecule has 2 N–H and O–H groups in total. The van der Waals surface area contributed by atoms with Gasteiger partial charge in [-0.25, -0.2) is 14.8 Å². The number of hydrogen-bond acceptors (Lipinski definition) is 6. The molecule has 1 aromatic carbocycles. The van der Waals surface area contributed by atoms with Gasteiger partial charge in [-0.3, -0.25) is 9.47 Å². The maximum Gasteiger partial charge on any atom is 0.326 e. The summed E-state index contributed by atoms with van der Waals surface area (Å²) >= 11 is 0. The van der Waals surface area contributed by atoms with Crippen LogP contribution >= 0.6 is 0 Å². The summed E-state index contributed by atoms with van der Waals surface area (Å²) in [5.74, 6) is 0.809. The molecule has 0 atom stereocenters. The first kappa shape index (κ1) is 17.0. The molecule has 3 heterocycles. The van der Waals surface area contributed by atoms with E-state index in [-0.39, 0.29) is 5.69 Å². The minimum absolute atomic E-state index is 0.0919. The fourth-order valence-corrected chi connectivity index (χ4v) is 3.50. The average Bonchev–Trinajstić information content (AvgIpc) is 2.98. The summed E-state index contributed by atoms with van der Waals surface area (Å²) in [4.78, 5) is 26.1. The van der Waals surface area contributed by atoms with E-state index in [2.05, 4.69) is 25.2 Å². The predicted octanol–water partition coefficient (Wildman–Crippen LogP) is 1.43. The van der Waals surface area contributed by atoms with Crippen molar-refractivity contribution in [3.05, 3.63) is 28.9 Å². The first-order chi connectivity index (χ1) is 12.8. The average molecular weight is 356 g/mol. The molecule has 8 heteroatoms. The van der Waals surface area contributed by atoms with Gasteiger partial charge in [0.05, 0.1) is 29.8 Å². The Kier molecular flexibility index (Phi) is 4.85. The van der Waals surface area contributed by atoms with Gasteiger partial charge in [-0.1, -0.05) is 0 Å². The van der Waals surface area contributed by atoms with E-state index >= 15 is 0 Å². The van der Waals surface area contributed by atoms with E-state index in [4.69, 9.17) is 4.74 Å². The molecule has 0 saturated carbocycles. The Balaban J connectivity index is 1.51. The van der Waals surface area contributed by atoms with Crippen LogP contribution in [0.15, 0.2) is 23.3 Å². The maximum absolute atomic E-state index is 12.0. The van der Waals surface area contributed by atoms with Gasteiger partial charge in [-0.2, -0.15) is 0 Å². The molecule has 0 radical (unpaired) electrons. The third kappa shape index (κ3) is 3.30. The monoisotopic (exact) mass is 356 g/mol. The van der Waals surface area contributed by atoms with Crippen molar-refractivity contribution in [1.29, 1.82) is 0 Å². The Morgan fingerprint density at radius 3 is 2.92 bits per heavy atom. The molecule has 0 bridgehead atoms. The molecule has 2 aromatic heterocycles. The Bertz CT molecular complexity index is 957. The number of H-pyrrole nitrogens is 1. The van der Waals surface area contributed by atoms with E-state index in [1.165, 1.54) is 0 Å². The summed E-state index contributed by atoms with van der Waals surface area (Å²) in [6, 6.07) is 3.91. The molecule has 8 nitrogen and oxygen atoms in total. The van der Waals surface area contributed by atoms with Crippen molar-refractivity contribution in [2.24, 2.45) is 0 Å². The van der Waals surface area contributed by atoms with Crippen LogP contribution in [-0.2, 0) is 11.3 Å². The number of rotatable bonds is 6. The van der Waals surface area contributed by atoms with E-state index < -0.39 is 0 Å². The van der Waals surface area contributed by atoms with Crippen molar-refractivity contribution < 1.29 is 4.74 Å². The lowest BCUT2D eigenvalue weighted by Gasteiger charge is -2.26. The normalized spacial score (nSPS) is 15.7. The van der Waals surface area contributed by atoms with Gasteiger partial charge in [0.15, 0.2) is 0 Å². The van der Waals surface area contributed by atoms with Crippen LogP contribution in [-0.4, -0.2) is 63.8 Å². The van der Waals surface area contributed by atoms with Crippen LogP contribution in [0.3, 0.4) is 0 Å². The Morgan fingerprint density at radius 1 is 1.27 bits per heavy atom. The fourth-order valence-electron chi connectivity index (χ4n) is 3.50. The molecular formula is C18H24N6O2. The van der Waals surface area contributed by atoms with Crippen molar-refractivity contribution in [2.75, 3.05) is 44.7 Å². The summed E-state index contributed by atoms with van der Waals surface area (Å²) in [6.45, 7) is 8.16. The van der Waals surface area contributed by atoms with Crippen LogP contribution < -0.4 is 11.0 Å². The molecule has 1 aliphatic rings. The van der Waals surface area contributed by atoms with Crippen LogP contribution in [0.4, 0.5) is 5.82 Å². The molecule has 4 rings (SSSR count). The van der Waals surface area contributed by atoms with Gasteiger partial charge >= 0.3 is 5.69 Å². The molecule has 1 aliphatic heterocycles.